The molecule has 0 saturated heterocycles. The third-order valence-electron chi connectivity index (χ3n) is 4.45. The van der Waals surface area contributed by atoms with Crippen LogP contribution in [0.1, 0.15) is 50.6 Å². The first kappa shape index (κ1) is 16.0. The summed E-state index contributed by atoms with van der Waals surface area (Å²) in [6.07, 6.45) is 6.77. The molecular formula is C17H27BrN2. The van der Waals surface area contributed by atoms with Crippen LogP contribution in [-0.4, -0.2) is 31.1 Å². The smallest absolute Gasteiger partial charge is 0.0343 e. The summed E-state index contributed by atoms with van der Waals surface area (Å²) in [4.78, 5) is 2.56. The van der Waals surface area contributed by atoms with Gasteiger partial charge in [-0.25, -0.2) is 0 Å². The van der Waals surface area contributed by atoms with Crippen LogP contribution in [0.4, 0.5) is 0 Å². The summed E-state index contributed by atoms with van der Waals surface area (Å²) in [6, 6.07) is 9.84. The van der Waals surface area contributed by atoms with Crippen molar-refractivity contribution in [1.82, 2.24) is 10.2 Å². The lowest BCUT2D eigenvalue weighted by molar-refractivity contribution is 0.232. The van der Waals surface area contributed by atoms with Gasteiger partial charge in [-0.1, -0.05) is 53.9 Å². The highest BCUT2D eigenvalue weighted by Gasteiger charge is 2.21. The second-order valence-corrected chi connectivity index (χ2v) is 6.69. The molecule has 1 aromatic rings. The van der Waals surface area contributed by atoms with Gasteiger partial charge >= 0.3 is 0 Å². The molecule has 1 atom stereocenters. The van der Waals surface area contributed by atoms with Crippen LogP contribution in [0.3, 0.4) is 0 Å². The first-order valence-corrected chi connectivity index (χ1v) is 8.69. The molecule has 2 nitrogen and oxygen atoms in total. The molecule has 2 rings (SSSR count). The molecule has 1 aromatic carbocycles. The number of benzene rings is 1. The van der Waals surface area contributed by atoms with Gasteiger partial charge < -0.3 is 10.2 Å². The second-order valence-electron chi connectivity index (χ2n) is 5.84. The Hall–Kier alpha value is -0.380. The van der Waals surface area contributed by atoms with Crippen LogP contribution >= 0.6 is 15.9 Å². The molecule has 0 radical (unpaired) electrons. The maximum absolute atomic E-state index is 3.69. The van der Waals surface area contributed by atoms with E-state index < -0.39 is 0 Å². The van der Waals surface area contributed by atoms with E-state index in [9.17, 15) is 0 Å². The zero-order valence-corrected chi connectivity index (χ0v) is 14.3. The van der Waals surface area contributed by atoms with Gasteiger partial charge in [0.25, 0.3) is 0 Å². The minimum absolute atomic E-state index is 0.444. The Kier molecular flexibility index (Phi) is 6.53. The summed E-state index contributed by atoms with van der Waals surface area (Å²) < 4.78 is 1.22. The van der Waals surface area contributed by atoms with Crippen LogP contribution in [0.25, 0.3) is 0 Å². The molecule has 0 spiro atoms. The minimum atomic E-state index is 0.444. The third-order valence-corrected chi connectivity index (χ3v) is 5.17. The van der Waals surface area contributed by atoms with Gasteiger partial charge in [-0.3, -0.25) is 0 Å². The Balaban J connectivity index is 1.93. The Morgan fingerprint density at radius 2 is 2.00 bits per heavy atom. The molecule has 0 aliphatic heterocycles. The molecule has 0 amide bonds. The summed E-state index contributed by atoms with van der Waals surface area (Å²) in [5, 5.41) is 3.63. The maximum atomic E-state index is 3.69. The number of nitrogens with one attached hydrogen (secondary N) is 1. The SMILES string of the molecule is CCNC(CCN(C)C1CCCC1)c1ccccc1Br. The van der Waals surface area contributed by atoms with E-state index in [1.165, 1.54) is 48.7 Å². The molecule has 0 aromatic heterocycles. The lowest BCUT2D eigenvalue weighted by Gasteiger charge is -2.27. The first-order valence-electron chi connectivity index (χ1n) is 7.90. The molecule has 1 aliphatic rings. The van der Waals surface area contributed by atoms with Crippen molar-refractivity contribution in [2.24, 2.45) is 0 Å². The van der Waals surface area contributed by atoms with Crippen molar-refractivity contribution in [2.45, 2.75) is 51.1 Å². The van der Waals surface area contributed by atoms with Crippen molar-refractivity contribution in [1.29, 1.82) is 0 Å². The summed E-state index contributed by atoms with van der Waals surface area (Å²) in [5.41, 5.74) is 1.38. The van der Waals surface area contributed by atoms with E-state index in [-0.39, 0.29) is 0 Å². The van der Waals surface area contributed by atoms with Crippen LogP contribution in [0.15, 0.2) is 28.7 Å². The number of rotatable bonds is 7. The zero-order chi connectivity index (χ0) is 14.4. The molecule has 1 fully saturated rings. The van der Waals surface area contributed by atoms with Crippen molar-refractivity contribution in [3.05, 3.63) is 34.3 Å². The number of halogens is 1. The van der Waals surface area contributed by atoms with Gasteiger partial charge in [0.15, 0.2) is 0 Å². The van der Waals surface area contributed by atoms with Crippen LogP contribution in [0, 0.1) is 0 Å². The molecule has 112 valence electrons. The summed E-state index contributed by atoms with van der Waals surface area (Å²) in [7, 11) is 2.29. The van der Waals surface area contributed by atoms with Crippen molar-refractivity contribution < 1.29 is 0 Å². The van der Waals surface area contributed by atoms with Gasteiger partial charge in [-0.2, -0.15) is 0 Å². The van der Waals surface area contributed by atoms with Crippen molar-refractivity contribution in [3.63, 3.8) is 0 Å². The highest BCUT2D eigenvalue weighted by atomic mass is 79.9. The highest BCUT2D eigenvalue weighted by Crippen LogP contribution is 2.27. The molecule has 0 bridgehead atoms. The largest absolute Gasteiger partial charge is 0.310 e. The minimum Gasteiger partial charge on any atom is -0.310 e. The highest BCUT2D eigenvalue weighted by molar-refractivity contribution is 9.10. The first-order chi connectivity index (χ1) is 9.72. The predicted octanol–water partition coefficient (Wildman–Crippen LogP) is 4.36. The molecule has 1 aliphatic carbocycles. The second kappa shape index (κ2) is 8.16. The van der Waals surface area contributed by atoms with Gasteiger partial charge in [-0.15, -0.1) is 0 Å². The van der Waals surface area contributed by atoms with Crippen LogP contribution < -0.4 is 5.32 Å². The van der Waals surface area contributed by atoms with Crippen LogP contribution in [-0.2, 0) is 0 Å². The molecule has 3 heteroatoms. The quantitative estimate of drug-likeness (QED) is 0.794. The summed E-state index contributed by atoms with van der Waals surface area (Å²) in [5.74, 6) is 0. The Bertz CT molecular complexity index is 402. The Labute approximate surface area is 132 Å². The van der Waals surface area contributed by atoms with Gasteiger partial charge in [0.2, 0.25) is 0 Å². The maximum Gasteiger partial charge on any atom is 0.0343 e. The molecule has 1 unspecified atom stereocenters. The van der Waals surface area contributed by atoms with E-state index >= 15 is 0 Å². The van der Waals surface area contributed by atoms with Crippen LogP contribution in [0.2, 0.25) is 0 Å². The fourth-order valence-corrected chi connectivity index (χ4v) is 3.79. The summed E-state index contributed by atoms with van der Waals surface area (Å²) >= 11 is 3.69. The van der Waals surface area contributed by atoms with E-state index in [1.807, 2.05) is 0 Å². The van der Waals surface area contributed by atoms with E-state index in [0.29, 0.717) is 6.04 Å². The average Bonchev–Trinajstić information content (AvgIpc) is 2.98. The molecule has 0 heterocycles. The molecular weight excluding hydrogens is 312 g/mol. The fourth-order valence-electron chi connectivity index (χ4n) is 3.23. The topological polar surface area (TPSA) is 15.3 Å². The lowest BCUT2D eigenvalue weighted by Crippen LogP contribution is -2.33. The molecule has 20 heavy (non-hydrogen) atoms. The van der Waals surface area contributed by atoms with Gasteiger partial charge in [0.05, 0.1) is 0 Å². The number of nitrogens with zero attached hydrogens (tertiary/aromatic N) is 1. The number of hydrogen-bond acceptors (Lipinski definition) is 2. The number of hydrogen-bond donors (Lipinski definition) is 1. The standard InChI is InChI=1S/C17H27BrN2/c1-3-19-17(15-10-6-7-11-16(15)18)12-13-20(2)14-8-4-5-9-14/h6-7,10-11,14,17,19H,3-5,8-9,12-13H2,1-2H3. The van der Waals surface area contributed by atoms with Crippen molar-refractivity contribution in [3.8, 4) is 0 Å². The predicted molar refractivity (Wildman–Crippen MR) is 90.1 cm³/mol. The molecule has 1 N–H and O–H groups in total. The Morgan fingerprint density at radius 3 is 2.65 bits per heavy atom. The van der Waals surface area contributed by atoms with Gasteiger partial charge in [0.1, 0.15) is 0 Å². The van der Waals surface area contributed by atoms with Gasteiger partial charge in [0, 0.05) is 16.6 Å². The zero-order valence-electron chi connectivity index (χ0n) is 12.7. The average molecular weight is 339 g/mol. The normalized spacial score (nSPS) is 17.8. The van der Waals surface area contributed by atoms with Crippen LogP contribution in [0.5, 0.6) is 0 Å². The lowest BCUT2D eigenvalue weighted by atomic mass is 10.0. The monoisotopic (exact) mass is 338 g/mol. The van der Waals surface area contributed by atoms with E-state index in [2.05, 4.69) is 64.4 Å². The Morgan fingerprint density at radius 1 is 1.30 bits per heavy atom. The van der Waals surface area contributed by atoms with Crippen molar-refractivity contribution in [2.75, 3.05) is 20.1 Å². The van der Waals surface area contributed by atoms with Gasteiger partial charge in [-0.05, 0) is 51.0 Å². The summed E-state index contributed by atoms with van der Waals surface area (Å²) in [6.45, 7) is 4.37. The molecule has 1 saturated carbocycles. The van der Waals surface area contributed by atoms with E-state index in [4.69, 9.17) is 0 Å². The fraction of sp³-hybridized carbons (Fsp3) is 0.647. The van der Waals surface area contributed by atoms with E-state index in [1.54, 1.807) is 0 Å². The van der Waals surface area contributed by atoms with Crippen molar-refractivity contribution >= 4 is 15.9 Å². The third kappa shape index (κ3) is 4.31. The van der Waals surface area contributed by atoms with E-state index in [0.717, 1.165) is 12.6 Å².